The maximum absolute atomic E-state index is 11.0. The molecule has 0 saturated carbocycles. The number of amides is 1. The second-order valence-electron chi connectivity index (χ2n) is 4.43. The molecule has 6 heteroatoms. The molecule has 0 spiro atoms. The van der Waals surface area contributed by atoms with Gasteiger partial charge in [-0.1, -0.05) is 0 Å². The van der Waals surface area contributed by atoms with Crippen molar-refractivity contribution in [2.24, 2.45) is 11.5 Å². The number of rotatable bonds is 5. The Bertz CT molecular complexity index is 595. The summed E-state index contributed by atoms with van der Waals surface area (Å²) in [6, 6.07) is 10.5. The van der Waals surface area contributed by atoms with Crippen molar-refractivity contribution < 1.29 is 9.53 Å². The highest BCUT2D eigenvalue weighted by Gasteiger charge is 2.20. The molecule has 106 valence electrons. The summed E-state index contributed by atoms with van der Waals surface area (Å²) in [5.74, 6) is 0.198. The quantitative estimate of drug-likeness (QED) is 0.865. The molecule has 2 unspecified atom stereocenters. The Kier molecular flexibility index (Phi) is 4.80. The van der Waals surface area contributed by atoms with Crippen LogP contribution in [0, 0.1) is 0 Å². The number of thiophene rings is 1. The number of ether oxygens (including phenoxy) is 1. The molecule has 2 atom stereocenters. The minimum absolute atomic E-state index is 0.156. The van der Waals surface area contributed by atoms with Gasteiger partial charge in [0.1, 0.15) is 11.9 Å². The van der Waals surface area contributed by atoms with Gasteiger partial charge in [-0.05, 0) is 59.3 Å². The van der Waals surface area contributed by atoms with Crippen LogP contribution in [-0.4, -0.2) is 11.9 Å². The zero-order chi connectivity index (χ0) is 14.7. The molecule has 1 aromatic carbocycles. The summed E-state index contributed by atoms with van der Waals surface area (Å²) in [5.41, 5.74) is 11.7. The second kappa shape index (κ2) is 6.39. The molecule has 1 aromatic heterocycles. The lowest BCUT2D eigenvalue weighted by Crippen LogP contribution is -2.28. The van der Waals surface area contributed by atoms with Crippen molar-refractivity contribution in [3.05, 3.63) is 50.6 Å². The smallest absolute Gasteiger partial charge is 0.248 e. The largest absolute Gasteiger partial charge is 0.483 e. The van der Waals surface area contributed by atoms with Gasteiger partial charge in [0, 0.05) is 16.5 Å². The van der Waals surface area contributed by atoms with E-state index >= 15 is 0 Å². The Morgan fingerprint density at radius 2 is 1.90 bits per heavy atom. The Morgan fingerprint density at radius 1 is 1.25 bits per heavy atom. The highest BCUT2D eigenvalue weighted by atomic mass is 79.9. The molecule has 0 fully saturated rings. The summed E-state index contributed by atoms with van der Waals surface area (Å²) in [7, 11) is 0. The SMILES string of the molecule is CC(N)C(Oc1ccc(C(N)=O)cc1)c1ccc(Br)s1. The Morgan fingerprint density at radius 3 is 2.35 bits per heavy atom. The van der Waals surface area contributed by atoms with Crippen molar-refractivity contribution in [1.29, 1.82) is 0 Å². The molecule has 0 saturated heterocycles. The number of benzene rings is 1. The lowest BCUT2D eigenvalue weighted by Gasteiger charge is -2.21. The van der Waals surface area contributed by atoms with Crippen molar-refractivity contribution in [2.45, 2.75) is 19.1 Å². The van der Waals surface area contributed by atoms with Gasteiger partial charge in [0.05, 0.1) is 3.79 Å². The highest BCUT2D eigenvalue weighted by Crippen LogP contribution is 2.32. The van der Waals surface area contributed by atoms with Crippen LogP contribution in [-0.2, 0) is 0 Å². The third kappa shape index (κ3) is 3.59. The molecule has 2 aromatic rings. The molecule has 1 amide bonds. The number of hydrogen-bond acceptors (Lipinski definition) is 4. The van der Waals surface area contributed by atoms with Crippen LogP contribution in [0.3, 0.4) is 0 Å². The van der Waals surface area contributed by atoms with E-state index in [2.05, 4.69) is 15.9 Å². The Labute approximate surface area is 129 Å². The molecule has 0 bridgehead atoms. The van der Waals surface area contributed by atoms with E-state index in [0.717, 1.165) is 8.66 Å². The number of halogens is 1. The summed E-state index contributed by atoms with van der Waals surface area (Å²) >= 11 is 5.02. The number of primary amides is 1. The van der Waals surface area contributed by atoms with Crippen LogP contribution < -0.4 is 16.2 Å². The lowest BCUT2D eigenvalue weighted by atomic mass is 10.1. The molecule has 0 aliphatic carbocycles. The summed E-state index contributed by atoms with van der Waals surface area (Å²) in [6.07, 6.45) is -0.231. The van der Waals surface area contributed by atoms with Crippen LogP contribution in [0.4, 0.5) is 0 Å². The third-order valence-electron chi connectivity index (χ3n) is 2.75. The van der Waals surface area contributed by atoms with Crippen LogP contribution in [0.5, 0.6) is 5.75 Å². The average Bonchev–Trinajstić information content (AvgIpc) is 2.82. The maximum atomic E-state index is 11.0. The molecular formula is C14H15BrN2O2S. The van der Waals surface area contributed by atoms with Gasteiger partial charge in [0.2, 0.25) is 5.91 Å². The van der Waals surface area contributed by atoms with Crippen LogP contribution in [0.2, 0.25) is 0 Å². The fourth-order valence-corrected chi connectivity index (χ4v) is 3.32. The monoisotopic (exact) mass is 354 g/mol. The average molecular weight is 355 g/mol. The van der Waals surface area contributed by atoms with Crippen molar-refractivity contribution in [1.82, 2.24) is 0 Å². The molecular weight excluding hydrogens is 340 g/mol. The fraction of sp³-hybridized carbons (Fsp3) is 0.214. The molecule has 1 heterocycles. The van der Waals surface area contributed by atoms with E-state index in [1.54, 1.807) is 35.6 Å². The number of nitrogens with two attached hydrogens (primary N) is 2. The lowest BCUT2D eigenvalue weighted by molar-refractivity contribution is 0.1000. The Balaban J connectivity index is 2.18. The zero-order valence-electron chi connectivity index (χ0n) is 10.9. The van der Waals surface area contributed by atoms with Crippen molar-refractivity contribution in [3.63, 3.8) is 0 Å². The second-order valence-corrected chi connectivity index (χ2v) is 6.92. The molecule has 0 radical (unpaired) electrons. The number of hydrogen-bond donors (Lipinski definition) is 2. The standard InChI is InChI=1S/C14H15BrN2O2S/c1-8(16)13(11-6-7-12(15)20-11)19-10-4-2-9(3-5-10)14(17)18/h2-8,13H,16H2,1H3,(H2,17,18). The van der Waals surface area contributed by atoms with E-state index in [1.807, 2.05) is 19.1 Å². The van der Waals surface area contributed by atoms with Gasteiger partial charge < -0.3 is 16.2 Å². The van der Waals surface area contributed by atoms with E-state index < -0.39 is 5.91 Å². The summed E-state index contributed by atoms with van der Waals surface area (Å²) in [6.45, 7) is 1.90. The zero-order valence-corrected chi connectivity index (χ0v) is 13.3. The number of carbonyl (C=O) groups is 1. The van der Waals surface area contributed by atoms with Gasteiger partial charge in [0.25, 0.3) is 0 Å². The predicted octanol–water partition coefficient (Wildman–Crippen LogP) is 3.08. The normalized spacial score (nSPS) is 13.8. The van der Waals surface area contributed by atoms with Crippen LogP contribution in [0.15, 0.2) is 40.2 Å². The van der Waals surface area contributed by atoms with Gasteiger partial charge in [-0.25, -0.2) is 0 Å². The first-order valence-electron chi connectivity index (χ1n) is 6.04. The summed E-state index contributed by atoms with van der Waals surface area (Å²) < 4.78 is 6.96. The molecule has 0 aliphatic heterocycles. The molecule has 4 N–H and O–H groups in total. The van der Waals surface area contributed by atoms with Gasteiger partial charge in [-0.3, -0.25) is 4.79 Å². The van der Waals surface area contributed by atoms with Gasteiger partial charge in [0.15, 0.2) is 0 Å². The summed E-state index contributed by atoms with van der Waals surface area (Å²) in [4.78, 5) is 12.1. The highest BCUT2D eigenvalue weighted by molar-refractivity contribution is 9.11. The van der Waals surface area contributed by atoms with Crippen LogP contribution in [0.1, 0.15) is 28.3 Å². The third-order valence-corrected chi connectivity index (χ3v) is 4.44. The van der Waals surface area contributed by atoms with Crippen LogP contribution >= 0.6 is 27.3 Å². The fourth-order valence-electron chi connectivity index (χ4n) is 1.75. The predicted molar refractivity (Wildman–Crippen MR) is 84.0 cm³/mol. The van der Waals surface area contributed by atoms with Gasteiger partial charge in [-0.2, -0.15) is 0 Å². The maximum Gasteiger partial charge on any atom is 0.248 e. The first-order chi connectivity index (χ1) is 9.47. The molecule has 2 rings (SSSR count). The summed E-state index contributed by atoms with van der Waals surface area (Å²) in [5, 5.41) is 0. The van der Waals surface area contributed by atoms with E-state index in [-0.39, 0.29) is 12.1 Å². The van der Waals surface area contributed by atoms with Gasteiger partial charge in [-0.15, -0.1) is 11.3 Å². The van der Waals surface area contributed by atoms with Crippen molar-refractivity contribution in [3.8, 4) is 5.75 Å². The van der Waals surface area contributed by atoms with Crippen LogP contribution in [0.25, 0.3) is 0 Å². The first kappa shape index (κ1) is 15.0. The molecule has 0 aliphatic rings. The van der Waals surface area contributed by atoms with Crippen molar-refractivity contribution >= 4 is 33.2 Å². The topological polar surface area (TPSA) is 78.3 Å². The van der Waals surface area contributed by atoms with E-state index in [4.69, 9.17) is 16.2 Å². The van der Waals surface area contributed by atoms with Crippen molar-refractivity contribution in [2.75, 3.05) is 0 Å². The van der Waals surface area contributed by atoms with E-state index in [9.17, 15) is 4.79 Å². The number of carbonyl (C=O) groups excluding carboxylic acids is 1. The van der Waals surface area contributed by atoms with E-state index in [0.29, 0.717) is 11.3 Å². The minimum Gasteiger partial charge on any atom is -0.483 e. The Hall–Kier alpha value is -1.37. The van der Waals surface area contributed by atoms with E-state index in [1.165, 1.54) is 0 Å². The van der Waals surface area contributed by atoms with Gasteiger partial charge >= 0.3 is 0 Å². The first-order valence-corrected chi connectivity index (χ1v) is 7.65. The molecule has 20 heavy (non-hydrogen) atoms. The molecule has 4 nitrogen and oxygen atoms in total. The minimum atomic E-state index is -0.456.